The van der Waals surface area contributed by atoms with Crippen LogP contribution in [-0.2, 0) is 24.2 Å². The number of nitrogens with zero attached hydrogens (tertiary/aromatic N) is 2. The number of hydrogen-bond donors (Lipinski definition) is 1. The summed E-state index contributed by atoms with van der Waals surface area (Å²) in [6.07, 6.45) is 4.36. The summed E-state index contributed by atoms with van der Waals surface area (Å²) in [5.74, 6) is -0.553. The molecule has 1 N–H and O–H groups in total. The Hall–Kier alpha value is -2.43. The van der Waals surface area contributed by atoms with Crippen LogP contribution in [0.2, 0.25) is 0 Å². The average Bonchev–Trinajstić information content (AvgIpc) is 2.84. The number of rotatable bonds is 8. The largest absolute Gasteiger partial charge is 0.480 e. The number of aliphatic carboxylic acids is 1. The second-order valence-corrected chi connectivity index (χ2v) is 6.53. The molecule has 0 spiro atoms. The molecule has 2 rings (SSSR count). The van der Waals surface area contributed by atoms with Gasteiger partial charge < -0.3 is 5.11 Å². The molecule has 0 aliphatic rings. The SMILES string of the molecule is C=CCc1cc(CCC(C)C)cc2c(C(C)=O)nn(CC(=O)O)c12. The van der Waals surface area contributed by atoms with E-state index < -0.39 is 5.97 Å². The normalized spacial score (nSPS) is 11.2. The molecule has 24 heavy (non-hydrogen) atoms. The Labute approximate surface area is 142 Å². The second-order valence-electron chi connectivity index (χ2n) is 6.53. The monoisotopic (exact) mass is 328 g/mol. The minimum atomic E-state index is -0.983. The van der Waals surface area contributed by atoms with Crippen molar-refractivity contribution in [2.75, 3.05) is 0 Å². The molecule has 1 heterocycles. The topological polar surface area (TPSA) is 72.2 Å². The first-order valence-electron chi connectivity index (χ1n) is 8.19. The highest BCUT2D eigenvalue weighted by molar-refractivity contribution is 6.06. The number of carboxylic acid groups (broad SMARTS) is 1. The number of carboxylic acids is 1. The predicted octanol–water partition coefficient (Wildman–Crippen LogP) is 3.64. The van der Waals surface area contributed by atoms with E-state index >= 15 is 0 Å². The lowest BCUT2D eigenvalue weighted by Crippen LogP contribution is -2.11. The maximum atomic E-state index is 12.0. The zero-order chi connectivity index (χ0) is 17.9. The Morgan fingerprint density at radius 2 is 2.08 bits per heavy atom. The van der Waals surface area contributed by atoms with Crippen molar-refractivity contribution in [2.45, 2.75) is 46.6 Å². The van der Waals surface area contributed by atoms with E-state index in [0.717, 1.165) is 34.9 Å². The molecule has 5 heteroatoms. The van der Waals surface area contributed by atoms with Crippen LogP contribution in [-0.4, -0.2) is 26.6 Å². The molecule has 0 aliphatic carbocycles. The first kappa shape index (κ1) is 17.9. The summed E-state index contributed by atoms with van der Waals surface area (Å²) < 4.78 is 1.42. The molecule has 0 saturated carbocycles. The molecule has 0 amide bonds. The van der Waals surface area contributed by atoms with Gasteiger partial charge in [-0.2, -0.15) is 5.10 Å². The van der Waals surface area contributed by atoms with Gasteiger partial charge in [-0.25, -0.2) is 0 Å². The molecule has 0 atom stereocenters. The van der Waals surface area contributed by atoms with E-state index in [-0.39, 0.29) is 12.3 Å². The Morgan fingerprint density at radius 1 is 1.38 bits per heavy atom. The fourth-order valence-electron chi connectivity index (χ4n) is 2.88. The number of Topliss-reactive ketones (excluding diaryl/α,β-unsaturated/α-hetero) is 1. The average molecular weight is 328 g/mol. The number of aryl methyl sites for hydroxylation is 1. The first-order valence-corrected chi connectivity index (χ1v) is 8.19. The van der Waals surface area contributed by atoms with Crippen molar-refractivity contribution in [2.24, 2.45) is 5.92 Å². The van der Waals surface area contributed by atoms with Crippen LogP contribution in [0.5, 0.6) is 0 Å². The Morgan fingerprint density at radius 3 is 2.62 bits per heavy atom. The van der Waals surface area contributed by atoms with Gasteiger partial charge in [0.1, 0.15) is 12.2 Å². The van der Waals surface area contributed by atoms with Crippen LogP contribution in [0.1, 0.15) is 48.8 Å². The summed E-state index contributed by atoms with van der Waals surface area (Å²) >= 11 is 0. The summed E-state index contributed by atoms with van der Waals surface area (Å²) in [5, 5.41) is 14.1. The number of carbonyl (C=O) groups excluding carboxylic acids is 1. The van der Waals surface area contributed by atoms with Gasteiger partial charge in [-0.1, -0.05) is 26.0 Å². The van der Waals surface area contributed by atoms with E-state index in [2.05, 4.69) is 31.6 Å². The van der Waals surface area contributed by atoms with E-state index in [1.165, 1.54) is 11.6 Å². The van der Waals surface area contributed by atoms with Crippen LogP contribution in [0.4, 0.5) is 0 Å². The van der Waals surface area contributed by atoms with Crippen LogP contribution in [0, 0.1) is 5.92 Å². The highest BCUT2D eigenvalue weighted by atomic mass is 16.4. The minimum absolute atomic E-state index is 0.158. The summed E-state index contributed by atoms with van der Waals surface area (Å²) in [7, 11) is 0. The highest BCUT2D eigenvalue weighted by Gasteiger charge is 2.19. The van der Waals surface area contributed by atoms with Crippen molar-refractivity contribution in [3.05, 3.63) is 41.6 Å². The fraction of sp³-hybridized carbons (Fsp3) is 0.421. The maximum Gasteiger partial charge on any atom is 0.325 e. The predicted molar refractivity (Wildman–Crippen MR) is 94.4 cm³/mol. The molecule has 1 aromatic carbocycles. The molecule has 5 nitrogen and oxygen atoms in total. The first-order chi connectivity index (χ1) is 11.3. The zero-order valence-corrected chi connectivity index (χ0v) is 14.5. The quantitative estimate of drug-likeness (QED) is 0.593. The molecule has 0 radical (unpaired) electrons. The summed E-state index contributed by atoms with van der Waals surface area (Å²) in [6.45, 7) is 9.33. The lowest BCUT2D eigenvalue weighted by Gasteiger charge is -2.10. The summed E-state index contributed by atoms with van der Waals surface area (Å²) in [6, 6.07) is 4.06. The molecule has 1 aromatic heterocycles. The standard InChI is InChI=1S/C19H24N2O3/c1-5-6-15-9-14(8-7-12(2)3)10-16-18(13(4)22)20-21(19(15)16)11-17(23)24/h5,9-10,12H,1,6-8,11H2,2-4H3,(H,23,24). The zero-order valence-electron chi connectivity index (χ0n) is 14.5. The van der Waals surface area contributed by atoms with Crippen molar-refractivity contribution in [1.82, 2.24) is 9.78 Å². The summed E-state index contributed by atoms with van der Waals surface area (Å²) in [5.41, 5.74) is 3.16. The van der Waals surface area contributed by atoms with E-state index in [9.17, 15) is 9.59 Å². The summed E-state index contributed by atoms with van der Waals surface area (Å²) in [4.78, 5) is 23.1. The molecule has 0 bridgehead atoms. The van der Waals surface area contributed by atoms with Gasteiger partial charge in [-0.05, 0) is 42.4 Å². The van der Waals surface area contributed by atoms with Crippen molar-refractivity contribution in [1.29, 1.82) is 0 Å². The molecular weight excluding hydrogens is 304 g/mol. The third-order valence-corrected chi connectivity index (χ3v) is 3.98. The van der Waals surface area contributed by atoms with Crippen LogP contribution in [0.15, 0.2) is 24.8 Å². The Bertz CT molecular complexity index is 787. The molecule has 0 saturated heterocycles. The molecular formula is C19H24N2O3. The van der Waals surface area contributed by atoms with Crippen molar-refractivity contribution < 1.29 is 14.7 Å². The van der Waals surface area contributed by atoms with E-state index in [4.69, 9.17) is 5.11 Å². The van der Waals surface area contributed by atoms with Gasteiger partial charge in [0.2, 0.25) is 0 Å². The van der Waals surface area contributed by atoms with Crippen LogP contribution in [0.25, 0.3) is 10.9 Å². The van der Waals surface area contributed by atoms with Crippen molar-refractivity contribution >= 4 is 22.7 Å². The molecule has 0 aliphatic heterocycles. The van der Waals surface area contributed by atoms with Gasteiger partial charge in [0.15, 0.2) is 5.78 Å². The Kier molecular flexibility index (Phi) is 5.54. The van der Waals surface area contributed by atoms with Crippen LogP contribution >= 0.6 is 0 Å². The Balaban J connectivity index is 2.67. The van der Waals surface area contributed by atoms with Gasteiger partial charge in [0.05, 0.1) is 5.52 Å². The van der Waals surface area contributed by atoms with Gasteiger partial charge in [-0.15, -0.1) is 6.58 Å². The third-order valence-electron chi connectivity index (χ3n) is 3.98. The fourth-order valence-corrected chi connectivity index (χ4v) is 2.88. The lowest BCUT2D eigenvalue weighted by molar-refractivity contribution is -0.137. The number of carbonyl (C=O) groups is 2. The molecule has 128 valence electrons. The van der Waals surface area contributed by atoms with E-state index in [1.807, 2.05) is 6.07 Å². The number of ketones is 1. The van der Waals surface area contributed by atoms with Gasteiger partial charge in [0.25, 0.3) is 0 Å². The van der Waals surface area contributed by atoms with Gasteiger partial charge >= 0.3 is 5.97 Å². The van der Waals surface area contributed by atoms with E-state index in [0.29, 0.717) is 18.0 Å². The molecule has 0 fully saturated rings. The minimum Gasteiger partial charge on any atom is -0.480 e. The molecule has 0 unspecified atom stereocenters. The van der Waals surface area contributed by atoms with E-state index in [1.54, 1.807) is 6.08 Å². The number of fused-ring (bicyclic) bond motifs is 1. The van der Waals surface area contributed by atoms with Crippen LogP contribution in [0.3, 0.4) is 0 Å². The van der Waals surface area contributed by atoms with Crippen LogP contribution < -0.4 is 0 Å². The second kappa shape index (κ2) is 7.43. The molecule has 2 aromatic rings. The third kappa shape index (κ3) is 3.91. The lowest BCUT2D eigenvalue weighted by atomic mass is 9.97. The van der Waals surface area contributed by atoms with Crippen molar-refractivity contribution in [3.8, 4) is 0 Å². The number of aromatic nitrogens is 2. The maximum absolute atomic E-state index is 12.0. The van der Waals surface area contributed by atoms with Gasteiger partial charge in [-0.3, -0.25) is 14.3 Å². The van der Waals surface area contributed by atoms with Gasteiger partial charge in [0, 0.05) is 12.3 Å². The number of allylic oxidation sites excluding steroid dienone is 1. The number of hydrogen-bond acceptors (Lipinski definition) is 3. The number of benzene rings is 1. The smallest absolute Gasteiger partial charge is 0.325 e. The van der Waals surface area contributed by atoms with Crippen molar-refractivity contribution in [3.63, 3.8) is 0 Å². The highest BCUT2D eigenvalue weighted by Crippen LogP contribution is 2.27.